The fourth-order valence-corrected chi connectivity index (χ4v) is 3.43. The number of piperazine rings is 1. The van der Waals surface area contributed by atoms with Gasteiger partial charge in [-0.05, 0) is 36.7 Å². The minimum Gasteiger partial charge on any atom is -0.354 e. The van der Waals surface area contributed by atoms with Gasteiger partial charge in [0.2, 0.25) is 0 Å². The molecule has 1 aromatic heterocycles. The van der Waals surface area contributed by atoms with Gasteiger partial charge in [0.05, 0.1) is 0 Å². The first-order valence-corrected chi connectivity index (χ1v) is 9.91. The van der Waals surface area contributed by atoms with Gasteiger partial charge in [-0.25, -0.2) is 4.98 Å². The van der Waals surface area contributed by atoms with E-state index in [0.717, 1.165) is 50.1 Å². The SMILES string of the molecule is CN=C(NCc1ccc(N2CCN(C)CC2)nc1)N(C)Cc1ccccc1C.I. The number of aliphatic imine (C=N–C) groups is 1. The highest BCUT2D eigenvalue weighted by atomic mass is 127. The molecule has 158 valence electrons. The summed E-state index contributed by atoms with van der Waals surface area (Å²) in [4.78, 5) is 15.9. The van der Waals surface area contributed by atoms with Crippen molar-refractivity contribution >= 4 is 35.8 Å². The summed E-state index contributed by atoms with van der Waals surface area (Å²) in [6.45, 7) is 7.94. The smallest absolute Gasteiger partial charge is 0.193 e. The van der Waals surface area contributed by atoms with Crippen LogP contribution in [0.25, 0.3) is 0 Å². The normalized spacial score (nSPS) is 15.0. The van der Waals surface area contributed by atoms with Gasteiger partial charge in [0.25, 0.3) is 0 Å². The second-order valence-corrected chi connectivity index (χ2v) is 7.50. The van der Waals surface area contributed by atoms with Crippen molar-refractivity contribution in [2.24, 2.45) is 4.99 Å². The van der Waals surface area contributed by atoms with E-state index in [1.165, 1.54) is 11.1 Å². The Morgan fingerprint density at radius 1 is 1.14 bits per heavy atom. The Bertz CT molecular complexity index is 784. The van der Waals surface area contributed by atoms with Gasteiger partial charge in [-0.2, -0.15) is 0 Å². The summed E-state index contributed by atoms with van der Waals surface area (Å²) in [5.41, 5.74) is 3.77. The van der Waals surface area contributed by atoms with Crippen molar-refractivity contribution in [1.82, 2.24) is 20.1 Å². The second-order valence-electron chi connectivity index (χ2n) is 7.50. The molecule has 0 bridgehead atoms. The van der Waals surface area contributed by atoms with Crippen LogP contribution in [0.15, 0.2) is 47.6 Å². The van der Waals surface area contributed by atoms with Crippen LogP contribution in [0.1, 0.15) is 16.7 Å². The van der Waals surface area contributed by atoms with Gasteiger partial charge in [-0.1, -0.05) is 30.3 Å². The largest absolute Gasteiger partial charge is 0.354 e. The minimum absolute atomic E-state index is 0. The van der Waals surface area contributed by atoms with Gasteiger partial charge >= 0.3 is 0 Å². The second kappa shape index (κ2) is 11.3. The molecule has 0 atom stereocenters. The van der Waals surface area contributed by atoms with Crippen LogP contribution in [0.4, 0.5) is 5.82 Å². The zero-order chi connectivity index (χ0) is 19.9. The van der Waals surface area contributed by atoms with Crippen LogP contribution in [-0.2, 0) is 13.1 Å². The Morgan fingerprint density at radius 2 is 1.86 bits per heavy atom. The van der Waals surface area contributed by atoms with E-state index in [9.17, 15) is 0 Å². The third kappa shape index (κ3) is 6.57. The quantitative estimate of drug-likeness (QED) is 0.383. The molecule has 1 saturated heterocycles. The molecule has 7 heteroatoms. The molecule has 0 radical (unpaired) electrons. The molecule has 1 aromatic carbocycles. The zero-order valence-corrected chi connectivity index (χ0v) is 20.3. The summed E-state index contributed by atoms with van der Waals surface area (Å²) in [5, 5.41) is 3.45. The Morgan fingerprint density at radius 3 is 2.48 bits per heavy atom. The average molecular weight is 508 g/mol. The number of nitrogens with zero attached hydrogens (tertiary/aromatic N) is 5. The number of aromatic nitrogens is 1. The number of pyridine rings is 1. The van der Waals surface area contributed by atoms with Crippen molar-refractivity contribution in [3.05, 3.63) is 59.3 Å². The molecule has 1 aliphatic heterocycles. The zero-order valence-electron chi connectivity index (χ0n) is 17.9. The maximum atomic E-state index is 4.67. The molecule has 6 nitrogen and oxygen atoms in total. The molecule has 29 heavy (non-hydrogen) atoms. The minimum atomic E-state index is 0. The average Bonchev–Trinajstić information content (AvgIpc) is 2.71. The van der Waals surface area contributed by atoms with E-state index in [2.05, 4.69) is 87.4 Å². The van der Waals surface area contributed by atoms with E-state index in [1.807, 2.05) is 13.2 Å². The summed E-state index contributed by atoms with van der Waals surface area (Å²) in [5.74, 6) is 1.95. The summed E-state index contributed by atoms with van der Waals surface area (Å²) in [6, 6.07) is 12.8. The van der Waals surface area contributed by atoms with E-state index in [4.69, 9.17) is 0 Å². The number of guanidine groups is 1. The Kier molecular flexibility index (Phi) is 9.16. The Balaban J connectivity index is 0.00000300. The predicted molar refractivity (Wildman–Crippen MR) is 132 cm³/mol. The van der Waals surface area contributed by atoms with E-state index < -0.39 is 0 Å². The molecule has 2 heterocycles. The van der Waals surface area contributed by atoms with Gasteiger partial charge in [0.15, 0.2) is 5.96 Å². The highest BCUT2D eigenvalue weighted by Gasteiger charge is 2.15. The number of hydrogen-bond acceptors (Lipinski definition) is 4. The number of hydrogen-bond donors (Lipinski definition) is 1. The van der Waals surface area contributed by atoms with Crippen LogP contribution < -0.4 is 10.2 Å². The molecule has 3 rings (SSSR count). The summed E-state index contributed by atoms with van der Waals surface area (Å²) >= 11 is 0. The summed E-state index contributed by atoms with van der Waals surface area (Å²) in [7, 11) is 6.06. The van der Waals surface area contributed by atoms with Crippen LogP contribution in [-0.4, -0.2) is 68.1 Å². The molecular formula is C22H33IN6. The van der Waals surface area contributed by atoms with Crippen molar-refractivity contribution in [3.63, 3.8) is 0 Å². The van der Waals surface area contributed by atoms with Crippen LogP contribution in [0, 0.1) is 6.92 Å². The number of anilines is 1. The van der Waals surface area contributed by atoms with Gasteiger partial charge in [-0.3, -0.25) is 4.99 Å². The lowest BCUT2D eigenvalue weighted by molar-refractivity contribution is 0.312. The van der Waals surface area contributed by atoms with Crippen molar-refractivity contribution in [2.75, 3.05) is 52.2 Å². The molecule has 1 fully saturated rings. The lowest BCUT2D eigenvalue weighted by Gasteiger charge is -2.33. The lowest BCUT2D eigenvalue weighted by Crippen LogP contribution is -2.44. The standard InChI is InChI=1S/C22H32N6.HI/c1-18-7-5-6-8-20(18)17-27(4)22(23-2)25-16-19-9-10-21(24-15-19)28-13-11-26(3)12-14-28;/h5-10,15H,11-14,16-17H2,1-4H3,(H,23,25);1H. The monoisotopic (exact) mass is 508 g/mol. The molecular weight excluding hydrogens is 475 g/mol. The fraction of sp³-hybridized carbons (Fsp3) is 0.455. The first kappa shape index (κ1) is 23.4. The van der Waals surface area contributed by atoms with E-state index in [1.54, 1.807) is 0 Å². The number of nitrogens with one attached hydrogen (secondary N) is 1. The molecule has 0 saturated carbocycles. The number of rotatable bonds is 5. The lowest BCUT2D eigenvalue weighted by atomic mass is 10.1. The van der Waals surface area contributed by atoms with Crippen molar-refractivity contribution in [2.45, 2.75) is 20.0 Å². The van der Waals surface area contributed by atoms with E-state index >= 15 is 0 Å². The molecule has 2 aromatic rings. The van der Waals surface area contributed by atoms with Gasteiger partial charge in [-0.15, -0.1) is 24.0 Å². The third-order valence-electron chi connectivity index (χ3n) is 5.33. The molecule has 0 spiro atoms. The molecule has 0 amide bonds. The maximum Gasteiger partial charge on any atom is 0.193 e. The van der Waals surface area contributed by atoms with Crippen molar-refractivity contribution in [3.8, 4) is 0 Å². The fourth-order valence-electron chi connectivity index (χ4n) is 3.43. The topological polar surface area (TPSA) is 47.0 Å². The first-order valence-electron chi connectivity index (χ1n) is 9.91. The highest BCUT2D eigenvalue weighted by Crippen LogP contribution is 2.14. The van der Waals surface area contributed by atoms with Gasteiger partial charge < -0.3 is 20.0 Å². The number of likely N-dealkylation sites (N-methyl/N-ethyl adjacent to an activating group) is 1. The molecule has 1 N–H and O–H groups in total. The van der Waals surface area contributed by atoms with Crippen LogP contribution in [0.3, 0.4) is 0 Å². The van der Waals surface area contributed by atoms with E-state index in [0.29, 0.717) is 6.54 Å². The Labute approximate surface area is 192 Å². The van der Waals surface area contributed by atoms with Crippen LogP contribution in [0.2, 0.25) is 0 Å². The maximum absolute atomic E-state index is 4.67. The number of halogens is 1. The summed E-state index contributed by atoms with van der Waals surface area (Å²) < 4.78 is 0. The third-order valence-corrected chi connectivity index (χ3v) is 5.33. The molecule has 0 unspecified atom stereocenters. The van der Waals surface area contributed by atoms with Gasteiger partial charge in [0.1, 0.15) is 5.82 Å². The van der Waals surface area contributed by atoms with Crippen LogP contribution >= 0.6 is 24.0 Å². The summed E-state index contributed by atoms with van der Waals surface area (Å²) in [6.07, 6.45) is 1.97. The molecule has 0 aliphatic carbocycles. The molecule has 1 aliphatic rings. The highest BCUT2D eigenvalue weighted by molar-refractivity contribution is 14.0. The van der Waals surface area contributed by atoms with Crippen molar-refractivity contribution in [1.29, 1.82) is 0 Å². The number of benzene rings is 1. The predicted octanol–water partition coefficient (Wildman–Crippen LogP) is 2.97. The van der Waals surface area contributed by atoms with Crippen molar-refractivity contribution < 1.29 is 0 Å². The van der Waals surface area contributed by atoms with Gasteiger partial charge in [0, 0.05) is 59.6 Å². The first-order chi connectivity index (χ1) is 13.6. The van der Waals surface area contributed by atoms with E-state index in [-0.39, 0.29) is 24.0 Å². The Hall–Kier alpha value is -1.87. The number of aryl methyl sites for hydroxylation is 1. The van der Waals surface area contributed by atoms with Crippen LogP contribution in [0.5, 0.6) is 0 Å².